The Bertz CT molecular complexity index is 379. The standard InChI is InChI=1S/C13H21N3O3/c1-10(17)14-4-2-11(3-5-14)15-6-7-16-12(8-15)9-19-13(16)18/h11-12H,2-9H2,1H3/t12-/m1/s1. The summed E-state index contributed by atoms with van der Waals surface area (Å²) in [7, 11) is 0. The Morgan fingerprint density at radius 3 is 2.58 bits per heavy atom. The van der Waals surface area contributed by atoms with Gasteiger partial charge in [-0.25, -0.2) is 4.79 Å². The van der Waals surface area contributed by atoms with Crippen LogP contribution in [0.25, 0.3) is 0 Å². The van der Waals surface area contributed by atoms with Crippen LogP contribution < -0.4 is 0 Å². The van der Waals surface area contributed by atoms with Gasteiger partial charge in [-0.05, 0) is 12.8 Å². The minimum atomic E-state index is -0.156. The van der Waals surface area contributed by atoms with Crippen LogP contribution in [0.2, 0.25) is 0 Å². The van der Waals surface area contributed by atoms with E-state index in [0.29, 0.717) is 12.6 Å². The first-order chi connectivity index (χ1) is 9.15. The Morgan fingerprint density at radius 1 is 1.16 bits per heavy atom. The molecule has 2 amide bonds. The van der Waals surface area contributed by atoms with Gasteiger partial charge in [0.2, 0.25) is 5.91 Å². The van der Waals surface area contributed by atoms with Crippen molar-refractivity contribution in [3.8, 4) is 0 Å². The van der Waals surface area contributed by atoms with Gasteiger partial charge in [0.1, 0.15) is 6.61 Å². The van der Waals surface area contributed by atoms with Crippen molar-refractivity contribution in [3.63, 3.8) is 0 Å². The summed E-state index contributed by atoms with van der Waals surface area (Å²) in [5, 5.41) is 0. The van der Waals surface area contributed by atoms with E-state index in [4.69, 9.17) is 4.74 Å². The van der Waals surface area contributed by atoms with Crippen molar-refractivity contribution in [2.24, 2.45) is 0 Å². The number of carbonyl (C=O) groups is 2. The van der Waals surface area contributed by atoms with E-state index in [-0.39, 0.29) is 18.0 Å². The van der Waals surface area contributed by atoms with Gasteiger partial charge in [-0.2, -0.15) is 0 Å². The van der Waals surface area contributed by atoms with Gasteiger partial charge in [0.25, 0.3) is 0 Å². The van der Waals surface area contributed by atoms with Crippen molar-refractivity contribution in [2.45, 2.75) is 31.8 Å². The van der Waals surface area contributed by atoms with E-state index < -0.39 is 0 Å². The van der Waals surface area contributed by atoms with Gasteiger partial charge < -0.3 is 9.64 Å². The summed E-state index contributed by atoms with van der Waals surface area (Å²) in [5.74, 6) is 0.179. The minimum absolute atomic E-state index is 0.156. The number of likely N-dealkylation sites (tertiary alicyclic amines) is 1. The predicted molar refractivity (Wildman–Crippen MR) is 68.7 cm³/mol. The summed E-state index contributed by atoms with van der Waals surface area (Å²) in [6.07, 6.45) is 1.93. The quantitative estimate of drug-likeness (QED) is 0.678. The van der Waals surface area contributed by atoms with Crippen LogP contribution in [0.3, 0.4) is 0 Å². The average Bonchev–Trinajstić information content (AvgIpc) is 2.80. The average molecular weight is 267 g/mol. The largest absolute Gasteiger partial charge is 0.447 e. The normalized spacial score (nSPS) is 29.3. The summed E-state index contributed by atoms with van der Waals surface area (Å²) >= 11 is 0. The number of amides is 2. The zero-order valence-electron chi connectivity index (χ0n) is 11.4. The molecule has 0 N–H and O–H groups in total. The maximum atomic E-state index is 11.5. The van der Waals surface area contributed by atoms with Gasteiger partial charge in [0, 0.05) is 45.7 Å². The lowest BCUT2D eigenvalue weighted by molar-refractivity contribution is -0.130. The summed E-state index contributed by atoms with van der Waals surface area (Å²) in [5.41, 5.74) is 0. The number of ether oxygens (including phenoxy) is 1. The molecule has 0 aromatic heterocycles. The Balaban J connectivity index is 1.54. The molecule has 3 fully saturated rings. The van der Waals surface area contributed by atoms with E-state index in [9.17, 15) is 9.59 Å². The van der Waals surface area contributed by atoms with Crippen LogP contribution in [0.5, 0.6) is 0 Å². The van der Waals surface area contributed by atoms with Crippen molar-refractivity contribution >= 4 is 12.0 Å². The molecule has 3 heterocycles. The van der Waals surface area contributed by atoms with Crippen molar-refractivity contribution in [1.82, 2.24) is 14.7 Å². The second kappa shape index (κ2) is 5.00. The molecule has 1 atom stereocenters. The first kappa shape index (κ1) is 12.7. The van der Waals surface area contributed by atoms with E-state index in [1.807, 2.05) is 9.80 Å². The van der Waals surface area contributed by atoms with Gasteiger partial charge in [0.15, 0.2) is 0 Å². The molecule has 3 rings (SSSR count). The predicted octanol–water partition coefficient (Wildman–Crippen LogP) is 0.134. The maximum absolute atomic E-state index is 11.5. The number of piperazine rings is 1. The van der Waals surface area contributed by atoms with E-state index in [2.05, 4.69) is 4.90 Å². The van der Waals surface area contributed by atoms with Crippen LogP contribution in [-0.2, 0) is 9.53 Å². The number of piperidine rings is 1. The molecule has 3 aliphatic rings. The zero-order chi connectivity index (χ0) is 13.4. The zero-order valence-corrected chi connectivity index (χ0v) is 11.4. The van der Waals surface area contributed by atoms with Gasteiger partial charge in [0.05, 0.1) is 6.04 Å². The van der Waals surface area contributed by atoms with E-state index >= 15 is 0 Å². The summed E-state index contributed by atoms with van der Waals surface area (Å²) in [6, 6.07) is 0.778. The Labute approximate surface area is 113 Å². The molecular formula is C13H21N3O3. The van der Waals surface area contributed by atoms with Crippen molar-refractivity contribution < 1.29 is 14.3 Å². The minimum Gasteiger partial charge on any atom is -0.447 e. The lowest BCUT2D eigenvalue weighted by Gasteiger charge is -2.43. The topological polar surface area (TPSA) is 53.1 Å². The third-order valence-electron chi connectivity index (χ3n) is 4.57. The molecule has 19 heavy (non-hydrogen) atoms. The third-order valence-corrected chi connectivity index (χ3v) is 4.57. The first-order valence-electron chi connectivity index (χ1n) is 7.08. The first-order valence-corrected chi connectivity index (χ1v) is 7.08. The fourth-order valence-electron chi connectivity index (χ4n) is 3.39. The summed E-state index contributed by atoms with van der Waals surface area (Å²) < 4.78 is 5.09. The van der Waals surface area contributed by atoms with Crippen molar-refractivity contribution in [3.05, 3.63) is 0 Å². The SMILES string of the molecule is CC(=O)N1CCC(N2CCN3C(=O)OC[C@H]3C2)CC1. The number of fused-ring (bicyclic) bond motifs is 1. The van der Waals surface area contributed by atoms with Crippen molar-refractivity contribution in [2.75, 3.05) is 39.3 Å². The third kappa shape index (κ3) is 2.41. The molecule has 6 heteroatoms. The Morgan fingerprint density at radius 2 is 1.89 bits per heavy atom. The van der Waals surface area contributed by atoms with Crippen LogP contribution in [0, 0.1) is 0 Å². The number of carbonyl (C=O) groups excluding carboxylic acids is 2. The molecule has 0 spiro atoms. The molecule has 3 saturated heterocycles. The Hall–Kier alpha value is -1.30. The monoisotopic (exact) mass is 267 g/mol. The lowest BCUT2D eigenvalue weighted by Crippen LogP contribution is -2.57. The summed E-state index contributed by atoms with van der Waals surface area (Å²) in [6.45, 7) is 6.51. The molecule has 0 bridgehead atoms. The number of hydrogen-bond acceptors (Lipinski definition) is 4. The fourth-order valence-corrected chi connectivity index (χ4v) is 3.39. The van der Waals surface area contributed by atoms with Crippen molar-refractivity contribution in [1.29, 1.82) is 0 Å². The second-order valence-electron chi connectivity index (χ2n) is 5.66. The maximum Gasteiger partial charge on any atom is 0.410 e. The van der Waals surface area contributed by atoms with Crippen LogP contribution in [0.4, 0.5) is 4.79 Å². The van der Waals surface area contributed by atoms with E-state index in [1.54, 1.807) is 6.92 Å². The molecule has 0 saturated carbocycles. The molecule has 0 aromatic rings. The highest BCUT2D eigenvalue weighted by Crippen LogP contribution is 2.23. The molecule has 0 aliphatic carbocycles. The number of hydrogen-bond donors (Lipinski definition) is 0. The van der Waals surface area contributed by atoms with Gasteiger partial charge in [-0.15, -0.1) is 0 Å². The number of nitrogens with zero attached hydrogens (tertiary/aromatic N) is 3. The molecule has 6 nitrogen and oxygen atoms in total. The highest BCUT2D eigenvalue weighted by atomic mass is 16.6. The number of rotatable bonds is 1. The van der Waals surface area contributed by atoms with Crippen LogP contribution >= 0.6 is 0 Å². The molecule has 0 radical (unpaired) electrons. The smallest absolute Gasteiger partial charge is 0.410 e. The molecule has 0 aromatic carbocycles. The Kier molecular flexibility index (Phi) is 3.35. The highest BCUT2D eigenvalue weighted by Gasteiger charge is 2.39. The molecule has 3 aliphatic heterocycles. The lowest BCUT2D eigenvalue weighted by atomic mass is 10.0. The van der Waals surface area contributed by atoms with Crippen LogP contribution in [0.1, 0.15) is 19.8 Å². The van der Waals surface area contributed by atoms with Gasteiger partial charge in [-0.3, -0.25) is 14.6 Å². The highest BCUT2D eigenvalue weighted by molar-refractivity contribution is 5.73. The summed E-state index contributed by atoms with van der Waals surface area (Å²) in [4.78, 5) is 29.0. The molecule has 106 valence electrons. The van der Waals surface area contributed by atoms with E-state index in [1.165, 1.54) is 0 Å². The van der Waals surface area contributed by atoms with Crippen LogP contribution in [-0.4, -0.2) is 78.1 Å². The van der Waals surface area contributed by atoms with E-state index in [0.717, 1.165) is 45.6 Å². The van der Waals surface area contributed by atoms with Gasteiger partial charge in [-0.1, -0.05) is 0 Å². The number of cyclic esters (lactones) is 1. The molecular weight excluding hydrogens is 246 g/mol. The van der Waals surface area contributed by atoms with Gasteiger partial charge >= 0.3 is 6.09 Å². The molecule has 0 unspecified atom stereocenters. The second-order valence-corrected chi connectivity index (χ2v) is 5.66. The van der Waals surface area contributed by atoms with Crippen LogP contribution in [0.15, 0.2) is 0 Å². The fraction of sp³-hybridized carbons (Fsp3) is 0.846.